The van der Waals surface area contributed by atoms with Crippen molar-refractivity contribution in [2.24, 2.45) is 0 Å². The summed E-state index contributed by atoms with van der Waals surface area (Å²) in [5.41, 5.74) is 1.12. The van der Waals surface area contributed by atoms with E-state index >= 15 is 0 Å². The summed E-state index contributed by atoms with van der Waals surface area (Å²) in [6.07, 6.45) is 1.59. The highest BCUT2D eigenvalue weighted by atomic mass is 79.9. The predicted molar refractivity (Wildman–Crippen MR) is 84.0 cm³/mol. The van der Waals surface area contributed by atoms with Gasteiger partial charge in [0, 0.05) is 18.9 Å². The molecule has 0 unspecified atom stereocenters. The number of carbonyl (C=O) groups is 2. The van der Waals surface area contributed by atoms with Crippen molar-refractivity contribution in [3.8, 4) is 0 Å². The number of rotatable bonds is 4. The van der Waals surface area contributed by atoms with Crippen LogP contribution in [-0.4, -0.2) is 35.3 Å². The molecule has 2 rings (SSSR count). The van der Waals surface area contributed by atoms with Gasteiger partial charge in [0.1, 0.15) is 4.60 Å². The second kappa shape index (κ2) is 6.99. The Labute approximate surface area is 131 Å². The van der Waals surface area contributed by atoms with Crippen molar-refractivity contribution in [2.75, 3.05) is 18.9 Å². The number of pyridine rings is 1. The van der Waals surface area contributed by atoms with Crippen molar-refractivity contribution < 1.29 is 9.59 Å². The first kappa shape index (κ1) is 15.2. The molecular weight excluding hydrogens is 334 g/mol. The number of amides is 2. The van der Waals surface area contributed by atoms with E-state index in [-0.39, 0.29) is 18.4 Å². The maximum atomic E-state index is 12.2. The Balaban J connectivity index is 1.98. The predicted octanol–water partition coefficient (Wildman–Crippen LogP) is 2.55. The first-order valence-electron chi connectivity index (χ1n) is 6.29. The van der Waals surface area contributed by atoms with Crippen LogP contribution in [0.3, 0.4) is 0 Å². The number of para-hydroxylation sites is 1. The number of likely N-dealkylation sites (N-methyl/N-ethyl adjacent to an activating group) is 1. The molecule has 5 nitrogen and oxygen atoms in total. The molecule has 1 aromatic carbocycles. The Morgan fingerprint density at radius 3 is 2.57 bits per heavy atom. The number of carbonyl (C=O) groups excluding carboxylic acids is 2. The number of benzene rings is 1. The number of anilines is 1. The first-order valence-corrected chi connectivity index (χ1v) is 7.08. The maximum Gasteiger partial charge on any atom is 0.256 e. The molecule has 1 aromatic heterocycles. The van der Waals surface area contributed by atoms with Crippen LogP contribution in [0.25, 0.3) is 0 Å². The summed E-state index contributed by atoms with van der Waals surface area (Å²) in [6, 6.07) is 12.4. The van der Waals surface area contributed by atoms with Gasteiger partial charge in [-0.05, 0) is 40.2 Å². The Morgan fingerprint density at radius 2 is 1.90 bits per heavy atom. The van der Waals surface area contributed by atoms with Gasteiger partial charge in [-0.15, -0.1) is 0 Å². The molecule has 0 aliphatic rings. The van der Waals surface area contributed by atoms with Crippen molar-refractivity contribution in [2.45, 2.75) is 0 Å². The van der Waals surface area contributed by atoms with Gasteiger partial charge in [0.15, 0.2) is 0 Å². The monoisotopic (exact) mass is 347 g/mol. The van der Waals surface area contributed by atoms with Gasteiger partial charge in [-0.1, -0.05) is 18.2 Å². The van der Waals surface area contributed by atoms with Crippen LogP contribution in [0.15, 0.2) is 53.3 Å². The van der Waals surface area contributed by atoms with E-state index in [2.05, 4.69) is 26.2 Å². The zero-order valence-corrected chi connectivity index (χ0v) is 13.0. The molecule has 21 heavy (non-hydrogen) atoms. The Bertz CT molecular complexity index is 646. The van der Waals surface area contributed by atoms with Crippen molar-refractivity contribution in [3.05, 3.63) is 58.8 Å². The van der Waals surface area contributed by atoms with Gasteiger partial charge in [-0.2, -0.15) is 0 Å². The van der Waals surface area contributed by atoms with Crippen LogP contribution in [0.1, 0.15) is 10.4 Å². The van der Waals surface area contributed by atoms with E-state index in [0.29, 0.717) is 15.9 Å². The average Bonchev–Trinajstić information content (AvgIpc) is 2.48. The smallest absolute Gasteiger partial charge is 0.256 e. The second-order valence-electron chi connectivity index (χ2n) is 4.42. The number of hydrogen-bond acceptors (Lipinski definition) is 3. The van der Waals surface area contributed by atoms with Crippen LogP contribution < -0.4 is 5.32 Å². The van der Waals surface area contributed by atoms with Gasteiger partial charge in [-0.3, -0.25) is 9.59 Å². The Kier molecular flexibility index (Phi) is 5.05. The lowest BCUT2D eigenvalue weighted by molar-refractivity contribution is -0.116. The van der Waals surface area contributed by atoms with Crippen LogP contribution in [0.4, 0.5) is 5.69 Å². The van der Waals surface area contributed by atoms with Crippen LogP contribution >= 0.6 is 15.9 Å². The third kappa shape index (κ3) is 4.13. The molecule has 108 valence electrons. The number of halogens is 1. The molecule has 6 heteroatoms. The van der Waals surface area contributed by atoms with Crippen LogP contribution in [-0.2, 0) is 4.79 Å². The van der Waals surface area contributed by atoms with Gasteiger partial charge < -0.3 is 10.2 Å². The average molecular weight is 348 g/mol. The minimum Gasteiger partial charge on any atom is -0.332 e. The van der Waals surface area contributed by atoms with Gasteiger partial charge >= 0.3 is 0 Å². The summed E-state index contributed by atoms with van der Waals surface area (Å²) >= 11 is 3.23. The van der Waals surface area contributed by atoms with E-state index in [4.69, 9.17) is 0 Å². The molecule has 2 amide bonds. The number of nitrogens with one attached hydrogen (secondary N) is 1. The fourth-order valence-electron chi connectivity index (χ4n) is 1.76. The maximum absolute atomic E-state index is 12.2. The van der Waals surface area contributed by atoms with E-state index in [1.54, 1.807) is 37.5 Å². The fourth-order valence-corrected chi connectivity index (χ4v) is 2.18. The molecule has 0 aliphatic carbocycles. The topological polar surface area (TPSA) is 62.3 Å². The van der Waals surface area contributed by atoms with Crippen molar-refractivity contribution in [3.63, 3.8) is 0 Å². The molecule has 1 N–H and O–H groups in total. The zero-order chi connectivity index (χ0) is 15.2. The molecular formula is C15H14BrN3O2. The van der Waals surface area contributed by atoms with Gasteiger partial charge in [0.2, 0.25) is 5.91 Å². The Morgan fingerprint density at radius 1 is 1.19 bits per heavy atom. The number of hydrogen-bond donors (Lipinski definition) is 1. The molecule has 0 fully saturated rings. The molecule has 0 bridgehead atoms. The quantitative estimate of drug-likeness (QED) is 0.864. The molecule has 0 spiro atoms. The van der Waals surface area contributed by atoms with E-state index < -0.39 is 0 Å². The van der Waals surface area contributed by atoms with Gasteiger partial charge in [0.05, 0.1) is 12.1 Å². The minimum absolute atomic E-state index is 0.0327. The molecule has 2 aromatic rings. The van der Waals surface area contributed by atoms with Crippen molar-refractivity contribution in [1.29, 1.82) is 0 Å². The highest BCUT2D eigenvalue weighted by molar-refractivity contribution is 9.10. The number of aromatic nitrogens is 1. The lowest BCUT2D eigenvalue weighted by Crippen LogP contribution is -2.35. The molecule has 0 aliphatic heterocycles. The summed E-state index contributed by atoms with van der Waals surface area (Å²) in [5, 5.41) is 2.73. The third-order valence-corrected chi connectivity index (χ3v) is 3.41. The largest absolute Gasteiger partial charge is 0.332 e. The molecule has 0 saturated heterocycles. The molecule has 1 heterocycles. The van der Waals surface area contributed by atoms with Crippen LogP contribution in [0.2, 0.25) is 0 Å². The summed E-state index contributed by atoms with van der Waals surface area (Å²) in [5.74, 6) is -0.518. The lowest BCUT2D eigenvalue weighted by atomic mass is 10.2. The molecule has 0 atom stereocenters. The summed E-state index contributed by atoms with van der Waals surface area (Å²) < 4.78 is 0.463. The summed E-state index contributed by atoms with van der Waals surface area (Å²) in [6.45, 7) is -0.0327. The van der Waals surface area contributed by atoms with E-state index in [9.17, 15) is 9.59 Å². The highest BCUT2D eigenvalue weighted by Crippen LogP contribution is 2.14. The third-order valence-electron chi connectivity index (χ3n) is 2.77. The molecule has 0 saturated carbocycles. The van der Waals surface area contributed by atoms with Gasteiger partial charge in [0.25, 0.3) is 5.91 Å². The second-order valence-corrected chi connectivity index (χ2v) is 5.17. The summed E-state index contributed by atoms with van der Waals surface area (Å²) in [4.78, 5) is 29.5. The highest BCUT2D eigenvalue weighted by Gasteiger charge is 2.17. The van der Waals surface area contributed by atoms with E-state index in [1.807, 2.05) is 18.2 Å². The standard InChI is InChI=1S/C15H14BrN3O2/c1-19(15(21)12-8-5-9-17-14(12)16)10-13(20)18-11-6-3-2-4-7-11/h2-9H,10H2,1H3,(H,18,20). The van der Waals surface area contributed by atoms with Gasteiger partial charge in [-0.25, -0.2) is 4.98 Å². The molecule has 0 radical (unpaired) electrons. The SMILES string of the molecule is CN(CC(=O)Nc1ccccc1)C(=O)c1cccnc1Br. The fraction of sp³-hybridized carbons (Fsp3) is 0.133. The normalized spacial score (nSPS) is 10.0. The Hall–Kier alpha value is -2.21. The van der Waals surface area contributed by atoms with E-state index in [1.165, 1.54) is 4.90 Å². The van der Waals surface area contributed by atoms with Crippen molar-refractivity contribution >= 4 is 33.4 Å². The van der Waals surface area contributed by atoms with Crippen molar-refractivity contribution in [1.82, 2.24) is 9.88 Å². The van der Waals surface area contributed by atoms with E-state index in [0.717, 1.165) is 0 Å². The zero-order valence-electron chi connectivity index (χ0n) is 11.4. The lowest BCUT2D eigenvalue weighted by Gasteiger charge is -2.17. The van der Waals surface area contributed by atoms with Crippen LogP contribution in [0.5, 0.6) is 0 Å². The minimum atomic E-state index is -0.266. The first-order chi connectivity index (χ1) is 10.1. The summed E-state index contributed by atoms with van der Waals surface area (Å²) in [7, 11) is 1.58. The number of nitrogens with zero attached hydrogens (tertiary/aromatic N) is 2. The van der Waals surface area contributed by atoms with Crippen LogP contribution in [0, 0.1) is 0 Å².